The van der Waals surface area contributed by atoms with E-state index in [1.807, 2.05) is 0 Å². The summed E-state index contributed by atoms with van der Waals surface area (Å²) in [7, 11) is 0. The minimum atomic E-state index is -4.53. The zero-order valence-corrected chi connectivity index (χ0v) is 8.76. The van der Waals surface area contributed by atoms with Crippen LogP contribution in [0.2, 0.25) is 0 Å². The van der Waals surface area contributed by atoms with Gasteiger partial charge in [0.15, 0.2) is 0 Å². The Balaban J connectivity index is 3.38. The Morgan fingerprint density at radius 3 is 2.60 bits per heavy atom. The maximum absolute atomic E-state index is 12.3. The molecule has 3 nitrogen and oxygen atoms in total. The van der Waals surface area contributed by atoms with Crippen LogP contribution in [0.25, 0.3) is 0 Å². The van der Waals surface area contributed by atoms with Gasteiger partial charge >= 0.3 is 6.18 Å². The highest BCUT2D eigenvalue weighted by atomic mass is 79.9. The number of aromatic nitrogens is 1. The van der Waals surface area contributed by atoms with Crippen LogP contribution < -0.4 is 5.56 Å². The molecule has 0 N–H and O–H groups in total. The van der Waals surface area contributed by atoms with Crippen LogP contribution in [0.4, 0.5) is 13.2 Å². The second kappa shape index (κ2) is 4.06. The maximum Gasteiger partial charge on any atom is 0.417 e. The third kappa shape index (κ3) is 2.59. The van der Waals surface area contributed by atoms with Gasteiger partial charge in [0.2, 0.25) is 0 Å². The van der Waals surface area contributed by atoms with E-state index in [0.717, 1.165) is 0 Å². The lowest BCUT2D eigenvalue weighted by atomic mass is 10.3. The van der Waals surface area contributed by atoms with Crippen LogP contribution in [0.15, 0.2) is 21.5 Å². The fourth-order valence-corrected chi connectivity index (χ4v) is 1.42. The van der Waals surface area contributed by atoms with Crippen molar-refractivity contribution >= 4 is 15.9 Å². The number of nitrogens with zero attached hydrogens (tertiary/aromatic N) is 2. The van der Waals surface area contributed by atoms with Crippen molar-refractivity contribution in [1.82, 2.24) is 4.57 Å². The third-order valence-corrected chi connectivity index (χ3v) is 2.18. The van der Waals surface area contributed by atoms with Gasteiger partial charge < -0.3 is 4.57 Å². The van der Waals surface area contributed by atoms with Crippen molar-refractivity contribution in [3.05, 3.63) is 32.7 Å². The molecule has 1 aromatic rings. The molecule has 0 aliphatic carbocycles. The van der Waals surface area contributed by atoms with Crippen molar-refractivity contribution in [2.45, 2.75) is 12.7 Å². The van der Waals surface area contributed by atoms with Crippen LogP contribution >= 0.6 is 15.9 Å². The van der Waals surface area contributed by atoms with Gasteiger partial charge in [-0.15, -0.1) is 0 Å². The summed E-state index contributed by atoms with van der Waals surface area (Å²) in [6, 6.07) is 2.30. The lowest BCUT2D eigenvalue weighted by Crippen LogP contribution is -2.22. The van der Waals surface area contributed by atoms with E-state index in [9.17, 15) is 18.0 Å². The molecule has 0 aliphatic rings. The highest BCUT2D eigenvalue weighted by Gasteiger charge is 2.31. The summed E-state index contributed by atoms with van der Waals surface area (Å²) in [4.78, 5) is 11.2. The Labute approximate surface area is 90.9 Å². The molecule has 7 heteroatoms. The predicted molar refractivity (Wildman–Crippen MR) is 49.0 cm³/mol. The van der Waals surface area contributed by atoms with Crippen molar-refractivity contribution in [2.24, 2.45) is 0 Å². The Morgan fingerprint density at radius 2 is 2.13 bits per heavy atom. The molecule has 0 fully saturated rings. The number of nitriles is 1. The topological polar surface area (TPSA) is 45.8 Å². The van der Waals surface area contributed by atoms with Crippen LogP contribution in [-0.2, 0) is 12.7 Å². The fourth-order valence-electron chi connectivity index (χ4n) is 0.948. The first-order chi connectivity index (χ1) is 6.86. The number of alkyl halides is 3. The van der Waals surface area contributed by atoms with Crippen LogP contribution in [0.3, 0.4) is 0 Å². The second-order valence-corrected chi connectivity index (χ2v) is 3.52. The molecule has 0 saturated heterocycles. The molecule has 0 aromatic carbocycles. The Hall–Kier alpha value is -1.29. The zero-order valence-electron chi connectivity index (χ0n) is 7.18. The summed E-state index contributed by atoms with van der Waals surface area (Å²) in [6.07, 6.45) is -3.91. The smallest absolute Gasteiger partial charge is 0.300 e. The molecule has 80 valence electrons. The first-order valence-corrected chi connectivity index (χ1v) is 4.49. The lowest BCUT2D eigenvalue weighted by Gasteiger charge is -2.09. The Kier molecular flexibility index (Phi) is 3.19. The third-order valence-electron chi connectivity index (χ3n) is 1.61. The van der Waals surface area contributed by atoms with Gasteiger partial charge in [-0.2, -0.15) is 18.4 Å². The van der Waals surface area contributed by atoms with Gasteiger partial charge in [0, 0.05) is 6.20 Å². The molecule has 0 aliphatic heterocycles. The average Bonchev–Trinajstić information content (AvgIpc) is 2.11. The van der Waals surface area contributed by atoms with Gasteiger partial charge in [0.05, 0.1) is 16.1 Å². The second-order valence-electron chi connectivity index (χ2n) is 2.67. The van der Waals surface area contributed by atoms with E-state index in [1.165, 1.54) is 0 Å². The Morgan fingerprint density at radius 1 is 1.53 bits per heavy atom. The summed E-state index contributed by atoms with van der Waals surface area (Å²) < 4.78 is 37.4. The zero-order chi connectivity index (χ0) is 11.6. The molecule has 0 amide bonds. The molecule has 0 unspecified atom stereocenters. The predicted octanol–water partition coefficient (Wildman–Crippen LogP) is 2.15. The van der Waals surface area contributed by atoms with Gasteiger partial charge in [0.25, 0.3) is 5.56 Å². The van der Waals surface area contributed by atoms with E-state index in [4.69, 9.17) is 5.26 Å². The van der Waals surface area contributed by atoms with E-state index in [2.05, 4.69) is 15.9 Å². The van der Waals surface area contributed by atoms with Gasteiger partial charge in [-0.25, -0.2) is 0 Å². The van der Waals surface area contributed by atoms with E-state index >= 15 is 0 Å². The van der Waals surface area contributed by atoms with E-state index in [0.29, 0.717) is 16.8 Å². The summed E-state index contributed by atoms with van der Waals surface area (Å²) in [5.41, 5.74) is -1.63. The minimum Gasteiger partial charge on any atom is -0.300 e. The SMILES string of the molecule is N#CCn1cc(C(F)(F)F)cc(Br)c1=O. The molecule has 0 bridgehead atoms. The van der Waals surface area contributed by atoms with E-state index in [-0.39, 0.29) is 4.47 Å². The first-order valence-electron chi connectivity index (χ1n) is 3.70. The van der Waals surface area contributed by atoms with Crippen LogP contribution in [0.1, 0.15) is 5.56 Å². The summed E-state index contributed by atoms with van der Waals surface area (Å²) in [5, 5.41) is 8.32. The van der Waals surface area contributed by atoms with Gasteiger partial charge in [-0.05, 0) is 22.0 Å². The van der Waals surface area contributed by atoms with Crippen molar-refractivity contribution < 1.29 is 13.2 Å². The van der Waals surface area contributed by atoms with Crippen LogP contribution in [0, 0.1) is 11.3 Å². The number of rotatable bonds is 1. The van der Waals surface area contributed by atoms with Gasteiger partial charge in [0.1, 0.15) is 6.54 Å². The molecule has 1 heterocycles. The first kappa shape index (κ1) is 11.8. The lowest BCUT2D eigenvalue weighted by molar-refractivity contribution is -0.138. The summed E-state index contributed by atoms with van der Waals surface area (Å²) in [6.45, 7) is -0.415. The molecule has 0 saturated carbocycles. The largest absolute Gasteiger partial charge is 0.417 e. The molecule has 0 spiro atoms. The number of hydrogen-bond donors (Lipinski definition) is 0. The van der Waals surface area contributed by atoms with Crippen molar-refractivity contribution in [3.8, 4) is 6.07 Å². The molecule has 1 aromatic heterocycles. The molecule has 1 rings (SSSR count). The number of halogens is 4. The monoisotopic (exact) mass is 280 g/mol. The number of pyridine rings is 1. The molecular weight excluding hydrogens is 277 g/mol. The summed E-state index contributed by atoms with van der Waals surface area (Å²) >= 11 is 2.72. The molecular formula is C8H4BrF3N2O. The van der Waals surface area contributed by atoms with E-state index in [1.54, 1.807) is 6.07 Å². The quantitative estimate of drug-likeness (QED) is 0.791. The van der Waals surface area contributed by atoms with Gasteiger partial charge in [-0.1, -0.05) is 0 Å². The van der Waals surface area contributed by atoms with Crippen molar-refractivity contribution in [3.63, 3.8) is 0 Å². The van der Waals surface area contributed by atoms with Crippen LogP contribution in [-0.4, -0.2) is 4.57 Å². The van der Waals surface area contributed by atoms with Crippen molar-refractivity contribution in [2.75, 3.05) is 0 Å². The highest BCUT2D eigenvalue weighted by Crippen LogP contribution is 2.29. The summed E-state index contributed by atoms with van der Waals surface area (Å²) in [5.74, 6) is 0. The van der Waals surface area contributed by atoms with Crippen molar-refractivity contribution in [1.29, 1.82) is 5.26 Å². The minimum absolute atomic E-state index is 0.215. The maximum atomic E-state index is 12.3. The van der Waals surface area contributed by atoms with Gasteiger partial charge in [-0.3, -0.25) is 4.79 Å². The van der Waals surface area contributed by atoms with E-state index < -0.39 is 23.8 Å². The number of hydrogen-bond acceptors (Lipinski definition) is 2. The fraction of sp³-hybridized carbons (Fsp3) is 0.250. The molecule has 15 heavy (non-hydrogen) atoms. The highest BCUT2D eigenvalue weighted by molar-refractivity contribution is 9.10. The normalized spacial score (nSPS) is 11.1. The molecule has 0 radical (unpaired) electrons. The molecule has 0 atom stereocenters. The Bertz CT molecular complexity index is 472. The average molecular weight is 281 g/mol. The standard InChI is InChI=1S/C8H4BrF3N2O/c9-6-3-5(8(10,11)12)4-14(2-1-13)7(6)15/h3-4H,2H2. The van der Waals surface area contributed by atoms with Crippen LogP contribution in [0.5, 0.6) is 0 Å².